The predicted octanol–water partition coefficient (Wildman–Crippen LogP) is 5.46. The number of ketones is 1. The molecular weight excluding hydrogens is 502 g/mol. The molecule has 4 rings (SSSR count). The zero-order valence-corrected chi connectivity index (χ0v) is 23.9. The number of hydrogen-bond donors (Lipinski definition) is 2. The maximum Gasteiger partial charge on any atom is 0.309 e. The van der Waals surface area contributed by atoms with Crippen molar-refractivity contribution in [3.63, 3.8) is 0 Å². The minimum absolute atomic E-state index is 0.0425. The number of nitrogens with zero attached hydrogens (tertiary/aromatic N) is 1. The number of esters is 1. The molecule has 2 aromatic rings. The van der Waals surface area contributed by atoms with Crippen molar-refractivity contribution in [1.82, 2.24) is 4.98 Å². The summed E-state index contributed by atoms with van der Waals surface area (Å²) in [5.74, 6) is -1.55. The van der Waals surface area contributed by atoms with Gasteiger partial charge in [-0.1, -0.05) is 38.5 Å². The Labute approximate surface area is 229 Å². The summed E-state index contributed by atoms with van der Waals surface area (Å²) in [5, 5.41) is 23.3. The van der Waals surface area contributed by atoms with Gasteiger partial charge in [0.05, 0.1) is 52.0 Å². The Morgan fingerprint density at radius 1 is 1.18 bits per heavy atom. The van der Waals surface area contributed by atoms with E-state index in [1.54, 1.807) is 25.2 Å². The molecule has 2 aliphatic heterocycles. The van der Waals surface area contributed by atoms with Gasteiger partial charge in [-0.25, -0.2) is 4.98 Å². The monoisotopic (exact) mass is 543 g/mol. The van der Waals surface area contributed by atoms with Crippen LogP contribution in [0.4, 0.5) is 0 Å². The lowest BCUT2D eigenvalue weighted by molar-refractivity contribution is -0.156. The second-order valence-corrected chi connectivity index (χ2v) is 12.9. The van der Waals surface area contributed by atoms with E-state index in [-0.39, 0.29) is 24.2 Å². The number of epoxide rings is 1. The maximum absolute atomic E-state index is 13.7. The van der Waals surface area contributed by atoms with Gasteiger partial charge < -0.3 is 19.7 Å². The number of aliphatic hydroxyl groups is 2. The van der Waals surface area contributed by atoms with E-state index in [4.69, 9.17) is 9.47 Å². The molecule has 2 N–H and O–H groups in total. The topological polar surface area (TPSA) is 109 Å². The number of rotatable bonds is 3. The van der Waals surface area contributed by atoms with Crippen LogP contribution in [0.2, 0.25) is 0 Å². The molecule has 1 saturated heterocycles. The molecule has 7 nitrogen and oxygen atoms in total. The molecule has 0 bridgehead atoms. The van der Waals surface area contributed by atoms with E-state index < -0.39 is 35.6 Å². The highest BCUT2D eigenvalue weighted by Crippen LogP contribution is 2.37. The number of Topliss-reactive ketones (excluding diaryl/α,β-unsaturated/α-hetero) is 1. The summed E-state index contributed by atoms with van der Waals surface area (Å²) in [4.78, 5) is 31.4. The van der Waals surface area contributed by atoms with E-state index in [9.17, 15) is 19.8 Å². The lowest BCUT2D eigenvalue weighted by Gasteiger charge is -2.36. The van der Waals surface area contributed by atoms with Crippen LogP contribution >= 0.6 is 11.3 Å². The van der Waals surface area contributed by atoms with Gasteiger partial charge in [-0.3, -0.25) is 9.59 Å². The molecular formula is C30H41NO6S. The number of carbonyl (C=O) groups excluding carboxylic acids is 2. The first-order chi connectivity index (χ1) is 18.0. The zero-order valence-electron chi connectivity index (χ0n) is 23.1. The van der Waals surface area contributed by atoms with Gasteiger partial charge in [-0.2, -0.15) is 0 Å². The third kappa shape index (κ3) is 6.89. The summed E-state index contributed by atoms with van der Waals surface area (Å²) >= 11 is 1.62. The normalized spacial score (nSPS) is 31.6. The number of benzene rings is 1. The number of thiazole rings is 1. The highest BCUT2D eigenvalue weighted by Gasteiger charge is 2.46. The molecule has 208 valence electrons. The maximum atomic E-state index is 13.7. The van der Waals surface area contributed by atoms with Gasteiger partial charge in [-0.15, -0.1) is 11.3 Å². The third-order valence-corrected chi connectivity index (χ3v) is 9.11. The number of cyclic esters (lactones) is 1. The number of aromatic nitrogens is 1. The van der Waals surface area contributed by atoms with E-state index in [0.29, 0.717) is 19.4 Å². The van der Waals surface area contributed by atoms with Crippen molar-refractivity contribution < 1.29 is 29.3 Å². The summed E-state index contributed by atoms with van der Waals surface area (Å²) in [6.45, 7) is 9.90. The molecule has 1 aromatic heterocycles. The van der Waals surface area contributed by atoms with Gasteiger partial charge in [0.2, 0.25) is 0 Å². The number of allylic oxidation sites excluding steroid dienone is 1. The molecule has 6 atom stereocenters. The van der Waals surface area contributed by atoms with E-state index in [0.717, 1.165) is 40.1 Å². The third-order valence-electron chi connectivity index (χ3n) is 8.15. The van der Waals surface area contributed by atoms with Crippen LogP contribution < -0.4 is 0 Å². The second kappa shape index (κ2) is 11.9. The van der Waals surface area contributed by atoms with Crippen molar-refractivity contribution in [3.8, 4) is 0 Å². The van der Waals surface area contributed by atoms with E-state index in [1.807, 2.05) is 32.0 Å². The van der Waals surface area contributed by atoms with Gasteiger partial charge in [0.1, 0.15) is 11.9 Å². The SMILES string of the molecule is CC1=CCC(c2ccc3sc(C)nc3c2)OC(=O)C[C@H](O)C(C)(C)C(=O)[C@H](CC2CO2)[C@@H](O)[C@@H](C)CCC1. The molecule has 0 radical (unpaired) electrons. The van der Waals surface area contributed by atoms with Crippen molar-refractivity contribution >= 4 is 33.3 Å². The molecule has 2 aliphatic rings. The minimum atomic E-state index is -1.25. The number of fused-ring (bicyclic) bond motifs is 1. The van der Waals surface area contributed by atoms with Crippen LogP contribution in [0.15, 0.2) is 29.8 Å². The van der Waals surface area contributed by atoms with Gasteiger partial charge in [-0.05, 0) is 63.1 Å². The standard InChI is InChI=1S/C30H41NO6S/c1-17-7-6-8-18(2)28(34)22(14-21-16-36-21)29(35)30(4,5)26(32)15-27(33)37-24(11-9-17)20-10-12-25-23(13-20)31-19(3)38-25/h9-10,12-13,18,21-22,24,26,28,32,34H,6-8,11,14-16H2,1-5H3/t18-,21?,22+,24?,26-,28-/m0/s1. The minimum Gasteiger partial charge on any atom is -0.457 e. The molecule has 3 heterocycles. The lowest BCUT2D eigenvalue weighted by Crippen LogP contribution is -2.47. The second-order valence-electron chi connectivity index (χ2n) is 11.7. The Kier molecular flexibility index (Phi) is 9.07. The quantitative estimate of drug-likeness (QED) is 0.301. The molecule has 0 aliphatic carbocycles. The van der Waals surface area contributed by atoms with Gasteiger partial charge >= 0.3 is 5.97 Å². The van der Waals surface area contributed by atoms with Crippen molar-refractivity contribution in [2.45, 2.75) is 97.6 Å². The highest BCUT2D eigenvalue weighted by atomic mass is 32.1. The van der Waals surface area contributed by atoms with Crippen molar-refractivity contribution in [3.05, 3.63) is 40.4 Å². The molecule has 2 unspecified atom stereocenters. The van der Waals surface area contributed by atoms with Crippen LogP contribution in [0.25, 0.3) is 10.2 Å². The fourth-order valence-corrected chi connectivity index (χ4v) is 6.15. The molecule has 0 saturated carbocycles. The fraction of sp³-hybridized carbons (Fsp3) is 0.633. The molecule has 1 aromatic carbocycles. The molecule has 38 heavy (non-hydrogen) atoms. The predicted molar refractivity (Wildman–Crippen MR) is 148 cm³/mol. The van der Waals surface area contributed by atoms with Crippen LogP contribution in [0.1, 0.15) is 82.9 Å². The Morgan fingerprint density at radius 2 is 1.92 bits per heavy atom. The van der Waals surface area contributed by atoms with Crippen molar-refractivity contribution in [2.75, 3.05) is 6.61 Å². The van der Waals surface area contributed by atoms with Crippen molar-refractivity contribution in [1.29, 1.82) is 0 Å². The van der Waals surface area contributed by atoms with Gasteiger partial charge in [0.25, 0.3) is 0 Å². The number of aliphatic hydroxyl groups excluding tert-OH is 2. The first-order valence-corrected chi connectivity index (χ1v) is 14.5. The van der Waals surface area contributed by atoms with Crippen LogP contribution in [0.5, 0.6) is 0 Å². The highest BCUT2D eigenvalue weighted by molar-refractivity contribution is 7.18. The van der Waals surface area contributed by atoms with Crippen LogP contribution in [0, 0.1) is 24.2 Å². The summed E-state index contributed by atoms with van der Waals surface area (Å²) in [6.07, 6.45) is 2.59. The van der Waals surface area contributed by atoms with Crippen LogP contribution in [-0.2, 0) is 19.1 Å². The van der Waals surface area contributed by atoms with E-state index >= 15 is 0 Å². The van der Waals surface area contributed by atoms with Gasteiger partial charge in [0.15, 0.2) is 0 Å². The zero-order chi connectivity index (χ0) is 27.6. The average Bonchev–Trinajstić information content (AvgIpc) is 3.61. The first kappa shape index (κ1) is 28.9. The lowest BCUT2D eigenvalue weighted by atomic mass is 9.71. The Morgan fingerprint density at radius 3 is 2.63 bits per heavy atom. The average molecular weight is 544 g/mol. The van der Waals surface area contributed by atoms with E-state index in [1.165, 1.54) is 5.57 Å². The number of carbonyl (C=O) groups is 2. The van der Waals surface area contributed by atoms with Gasteiger partial charge in [0, 0.05) is 12.3 Å². The largest absolute Gasteiger partial charge is 0.457 e. The molecule has 1 fully saturated rings. The number of hydrogen-bond acceptors (Lipinski definition) is 8. The Bertz CT molecular complexity index is 1180. The first-order valence-electron chi connectivity index (χ1n) is 13.7. The summed E-state index contributed by atoms with van der Waals surface area (Å²) < 4.78 is 12.4. The molecule has 8 heteroatoms. The molecule has 0 amide bonds. The van der Waals surface area contributed by atoms with Crippen LogP contribution in [-0.4, -0.2) is 51.9 Å². The number of aryl methyl sites for hydroxylation is 1. The van der Waals surface area contributed by atoms with Crippen LogP contribution in [0.3, 0.4) is 0 Å². The Hall–Kier alpha value is -2.13. The fourth-order valence-electron chi connectivity index (χ4n) is 5.34. The van der Waals surface area contributed by atoms with Crippen molar-refractivity contribution in [2.24, 2.45) is 17.3 Å². The Balaban J connectivity index is 1.61. The summed E-state index contributed by atoms with van der Waals surface area (Å²) in [5.41, 5.74) is 1.68. The summed E-state index contributed by atoms with van der Waals surface area (Å²) in [6, 6.07) is 5.94. The van der Waals surface area contributed by atoms with E-state index in [2.05, 4.69) is 18.0 Å². The number of ether oxygens (including phenoxy) is 2. The smallest absolute Gasteiger partial charge is 0.309 e. The molecule has 0 spiro atoms. The summed E-state index contributed by atoms with van der Waals surface area (Å²) in [7, 11) is 0.